The highest BCUT2D eigenvalue weighted by atomic mass is 16.8. The van der Waals surface area contributed by atoms with Gasteiger partial charge in [-0.05, 0) is 6.42 Å². The zero-order chi connectivity index (χ0) is 8.60. The number of rotatable bonds is 3. The lowest BCUT2D eigenvalue weighted by Gasteiger charge is -2.42. The van der Waals surface area contributed by atoms with Gasteiger partial charge in [0.15, 0.2) is 0 Å². The Hall–Kier alpha value is -0.385. The molecule has 2 fully saturated rings. The van der Waals surface area contributed by atoms with Crippen molar-refractivity contribution in [1.29, 1.82) is 0 Å². The molecule has 2 heterocycles. The topological polar surface area (TPSA) is 44.8 Å². The summed E-state index contributed by atoms with van der Waals surface area (Å²) < 4.78 is 15.7. The van der Waals surface area contributed by atoms with Crippen LogP contribution in [0, 0.1) is 0 Å². The smallest absolute Gasteiger partial charge is 0.219 e. The van der Waals surface area contributed by atoms with E-state index in [4.69, 9.17) is 22.1 Å². The predicted molar refractivity (Wildman–Crippen MR) is 39.7 cm³/mol. The number of ether oxygens (including phenoxy) is 3. The Morgan fingerprint density at radius 1 is 1.75 bits per heavy atom. The molecule has 0 saturated carbocycles. The van der Waals surface area contributed by atoms with Crippen molar-refractivity contribution >= 4 is 14.1 Å². The summed E-state index contributed by atoms with van der Waals surface area (Å²) in [6.45, 7) is 0.409. The first-order chi connectivity index (χ1) is 5.77. The normalized spacial score (nSPS) is 45.0. The second-order valence-electron chi connectivity index (χ2n) is 2.98. The first-order valence-electron chi connectivity index (χ1n) is 3.89. The van der Waals surface area contributed by atoms with E-state index in [9.17, 15) is 4.79 Å². The lowest BCUT2D eigenvalue weighted by molar-refractivity contribution is -0.343. The molecule has 0 aromatic heterocycles. The summed E-state index contributed by atoms with van der Waals surface area (Å²) in [5, 5.41) is 0. The molecule has 0 bridgehead atoms. The molecule has 5 heteroatoms. The van der Waals surface area contributed by atoms with Crippen LogP contribution in [0.25, 0.3) is 0 Å². The zero-order valence-corrected chi connectivity index (χ0v) is 6.56. The molecule has 0 spiro atoms. The van der Waals surface area contributed by atoms with Gasteiger partial charge in [0.1, 0.15) is 33.5 Å². The van der Waals surface area contributed by atoms with Gasteiger partial charge in [0.05, 0.1) is 0 Å². The third-order valence-electron chi connectivity index (χ3n) is 2.17. The van der Waals surface area contributed by atoms with Crippen molar-refractivity contribution in [2.24, 2.45) is 0 Å². The maximum atomic E-state index is 10.1. The van der Waals surface area contributed by atoms with Crippen molar-refractivity contribution in [3.8, 4) is 0 Å². The summed E-state index contributed by atoms with van der Waals surface area (Å²) in [6, 6.07) is -0.329. The van der Waals surface area contributed by atoms with Crippen molar-refractivity contribution in [2.75, 3.05) is 13.2 Å². The second-order valence-corrected chi connectivity index (χ2v) is 2.98. The van der Waals surface area contributed by atoms with Crippen LogP contribution in [0.5, 0.6) is 0 Å². The number of carbonyl (C=O) groups excluding carboxylic acids is 1. The van der Waals surface area contributed by atoms with Crippen molar-refractivity contribution in [1.82, 2.24) is 0 Å². The van der Waals surface area contributed by atoms with Gasteiger partial charge in [-0.2, -0.15) is 0 Å². The Bertz CT molecular complexity index is 198. The predicted octanol–water partition coefficient (Wildman–Crippen LogP) is -0.788. The van der Waals surface area contributed by atoms with E-state index in [1.54, 1.807) is 0 Å². The molecule has 0 aliphatic carbocycles. The zero-order valence-electron chi connectivity index (χ0n) is 6.56. The maximum absolute atomic E-state index is 10.1. The molecule has 2 aliphatic heterocycles. The van der Waals surface area contributed by atoms with E-state index in [1.165, 1.54) is 0 Å². The Labute approximate surface area is 71.6 Å². The summed E-state index contributed by atoms with van der Waals surface area (Å²) in [5.41, 5.74) is 0. The van der Waals surface area contributed by atoms with Crippen LogP contribution in [-0.4, -0.2) is 45.2 Å². The molecule has 2 rings (SSSR count). The van der Waals surface area contributed by atoms with Crippen LogP contribution in [-0.2, 0) is 19.0 Å². The molecular formula is C7H9BO4. The quantitative estimate of drug-likeness (QED) is 0.409. The molecule has 1 unspecified atom stereocenters. The van der Waals surface area contributed by atoms with E-state index >= 15 is 0 Å². The third kappa shape index (κ3) is 1.09. The van der Waals surface area contributed by atoms with E-state index < -0.39 is 5.79 Å². The van der Waals surface area contributed by atoms with Crippen molar-refractivity contribution in [2.45, 2.75) is 24.3 Å². The van der Waals surface area contributed by atoms with Crippen molar-refractivity contribution in [3.63, 3.8) is 0 Å². The fourth-order valence-corrected chi connectivity index (χ4v) is 1.55. The molecule has 2 aliphatic rings. The summed E-state index contributed by atoms with van der Waals surface area (Å²) in [4.78, 5) is 10.1. The van der Waals surface area contributed by atoms with Gasteiger partial charge in [-0.25, -0.2) is 0 Å². The van der Waals surface area contributed by atoms with Crippen LogP contribution in [0.1, 0.15) is 6.42 Å². The molecule has 0 aromatic rings. The van der Waals surface area contributed by atoms with Gasteiger partial charge < -0.3 is 19.0 Å². The number of fused-ring (bicyclic) bond motifs is 1. The van der Waals surface area contributed by atoms with Gasteiger partial charge >= 0.3 is 0 Å². The van der Waals surface area contributed by atoms with Gasteiger partial charge in [0.25, 0.3) is 0 Å². The first-order valence-corrected chi connectivity index (χ1v) is 3.89. The van der Waals surface area contributed by atoms with Crippen LogP contribution >= 0.6 is 0 Å². The standard InChI is InChI=1S/C7H9BO4/c8-6-3-5-7(12-6,4-10-5)11-2-1-9/h1,5-6H,2-4H2/t5?,6-,7+/m1/s1. The first kappa shape index (κ1) is 8.22. The van der Waals surface area contributed by atoms with Crippen molar-refractivity contribution < 1.29 is 19.0 Å². The van der Waals surface area contributed by atoms with Crippen LogP contribution in [0.2, 0.25) is 0 Å². The highest BCUT2D eigenvalue weighted by Crippen LogP contribution is 2.40. The molecular weight excluding hydrogens is 159 g/mol. The minimum absolute atomic E-state index is 0.0343. The highest BCUT2D eigenvalue weighted by Gasteiger charge is 2.56. The van der Waals surface area contributed by atoms with Crippen LogP contribution < -0.4 is 0 Å². The molecule has 3 atom stereocenters. The van der Waals surface area contributed by atoms with E-state index in [1.807, 2.05) is 0 Å². The van der Waals surface area contributed by atoms with E-state index in [0.29, 0.717) is 19.3 Å². The molecule has 2 radical (unpaired) electrons. The molecule has 12 heavy (non-hydrogen) atoms. The minimum Gasteiger partial charge on any atom is -0.367 e. The lowest BCUT2D eigenvalue weighted by Crippen LogP contribution is -2.57. The molecule has 0 amide bonds. The Kier molecular flexibility index (Phi) is 1.94. The van der Waals surface area contributed by atoms with E-state index in [-0.39, 0.29) is 18.7 Å². The van der Waals surface area contributed by atoms with Crippen LogP contribution in [0.15, 0.2) is 0 Å². The van der Waals surface area contributed by atoms with Crippen molar-refractivity contribution in [3.05, 3.63) is 0 Å². The fraction of sp³-hybridized carbons (Fsp3) is 0.857. The number of carbonyl (C=O) groups is 1. The van der Waals surface area contributed by atoms with Crippen LogP contribution in [0.3, 0.4) is 0 Å². The SMILES string of the molecule is [B][C@H]1CC2OC[C@]2(OCC=O)O1. The van der Waals surface area contributed by atoms with E-state index in [0.717, 1.165) is 0 Å². The van der Waals surface area contributed by atoms with Gasteiger partial charge in [0.2, 0.25) is 5.79 Å². The Balaban J connectivity index is 1.96. The average Bonchev–Trinajstić information content (AvgIpc) is 2.25. The van der Waals surface area contributed by atoms with Gasteiger partial charge in [-0.15, -0.1) is 0 Å². The highest BCUT2D eigenvalue weighted by molar-refractivity contribution is 6.11. The lowest BCUT2D eigenvalue weighted by atomic mass is 9.94. The van der Waals surface area contributed by atoms with Crippen LogP contribution in [0.4, 0.5) is 0 Å². The molecule has 0 N–H and O–H groups in total. The van der Waals surface area contributed by atoms with Gasteiger partial charge in [-0.1, -0.05) is 0 Å². The second kappa shape index (κ2) is 2.83. The minimum atomic E-state index is -0.722. The van der Waals surface area contributed by atoms with Gasteiger partial charge in [-0.3, -0.25) is 0 Å². The summed E-state index contributed by atoms with van der Waals surface area (Å²) in [6.07, 6.45) is 1.24. The molecule has 4 nitrogen and oxygen atoms in total. The summed E-state index contributed by atoms with van der Waals surface area (Å²) >= 11 is 0. The monoisotopic (exact) mass is 168 g/mol. The number of aldehydes is 1. The molecule has 0 aromatic carbocycles. The number of hydrogen-bond donors (Lipinski definition) is 0. The summed E-state index contributed by atoms with van der Waals surface area (Å²) in [5.74, 6) is -0.722. The number of hydrogen-bond acceptors (Lipinski definition) is 4. The average molecular weight is 168 g/mol. The Morgan fingerprint density at radius 3 is 3.08 bits per heavy atom. The largest absolute Gasteiger partial charge is 0.367 e. The Morgan fingerprint density at radius 2 is 2.58 bits per heavy atom. The molecule has 2 saturated heterocycles. The maximum Gasteiger partial charge on any atom is 0.219 e. The van der Waals surface area contributed by atoms with Gasteiger partial charge in [0, 0.05) is 6.00 Å². The summed E-state index contributed by atoms with van der Waals surface area (Å²) in [7, 11) is 5.54. The van der Waals surface area contributed by atoms with E-state index in [2.05, 4.69) is 0 Å². The fourth-order valence-electron chi connectivity index (χ4n) is 1.55. The third-order valence-corrected chi connectivity index (χ3v) is 2.17. The molecule has 64 valence electrons.